The van der Waals surface area contributed by atoms with Gasteiger partial charge in [0.25, 0.3) is 0 Å². The lowest BCUT2D eigenvalue weighted by atomic mass is 9.86. The summed E-state index contributed by atoms with van der Waals surface area (Å²) < 4.78 is 50.7. The molecule has 92 valence electrons. The van der Waals surface area contributed by atoms with Gasteiger partial charge >= 0.3 is 6.18 Å². The highest BCUT2D eigenvalue weighted by Gasteiger charge is 2.39. The van der Waals surface area contributed by atoms with Gasteiger partial charge in [-0.25, -0.2) is 4.39 Å². The maximum absolute atomic E-state index is 13.4. The number of hydrogen-bond acceptors (Lipinski definition) is 1. The first-order valence-corrected chi connectivity index (χ1v) is 5.34. The minimum atomic E-state index is -4.15. The second-order valence-corrected chi connectivity index (χ2v) is 4.10. The largest absolute Gasteiger partial charge is 0.392 e. The van der Waals surface area contributed by atoms with Crippen LogP contribution in [0.5, 0.6) is 0 Å². The monoisotopic (exact) mass is 245 g/mol. The fourth-order valence-electron chi connectivity index (χ4n) is 2.01. The van der Waals surface area contributed by atoms with E-state index in [1.807, 2.05) is 0 Å². The molecule has 1 atom stereocenters. The van der Waals surface area contributed by atoms with E-state index in [0.717, 1.165) is 6.20 Å². The molecule has 0 aromatic carbocycles. The summed E-state index contributed by atoms with van der Waals surface area (Å²) >= 11 is 0. The molecule has 1 aliphatic carbocycles. The van der Waals surface area contributed by atoms with Crippen molar-refractivity contribution in [2.45, 2.75) is 25.4 Å². The smallest absolute Gasteiger partial charge is 0.262 e. The van der Waals surface area contributed by atoms with Crippen LogP contribution in [-0.4, -0.2) is 11.2 Å². The molecule has 5 heteroatoms. The lowest BCUT2D eigenvalue weighted by molar-refractivity contribution is -0.175. The van der Waals surface area contributed by atoms with Gasteiger partial charge in [-0.3, -0.25) is 4.98 Å². The molecule has 1 aliphatic rings. The summed E-state index contributed by atoms with van der Waals surface area (Å²) in [4.78, 5) is 3.61. The molecule has 0 radical (unpaired) electrons. The van der Waals surface area contributed by atoms with E-state index in [9.17, 15) is 17.6 Å². The van der Waals surface area contributed by atoms with Crippen LogP contribution in [0.2, 0.25) is 0 Å². The molecule has 1 unspecified atom stereocenters. The van der Waals surface area contributed by atoms with E-state index >= 15 is 0 Å². The number of nitrogens with zero attached hydrogens (tertiary/aromatic N) is 1. The fourth-order valence-corrected chi connectivity index (χ4v) is 2.01. The quantitative estimate of drug-likeness (QED) is 0.682. The Morgan fingerprint density at radius 2 is 2.06 bits per heavy atom. The highest BCUT2D eigenvalue weighted by atomic mass is 19.4. The molecule has 0 spiro atoms. The van der Waals surface area contributed by atoms with Gasteiger partial charge in [-0.05, 0) is 30.9 Å². The molecule has 17 heavy (non-hydrogen) atoms. The van der Waals surface area contributed by atoms with Crippen LogP contribution in [0.3, 0.4) is 0 Å². The summed E-state index contributed by atoms with van der Waals surface area (Å²) in [6, 6.07) is 1.50. The molecular weight excluding hydrogens is 234 g/mol. The van der Waals surface area contributed by atoms with Gasteiger partial charge in [0.15, 0.2) is 0 Å². The average Bonchev–Trinajstić information content (AvgIpc) is 2.29. The Bertz CT molecular complexity index is 436. The van der Waals surface area contributed by atoms with Crippen LogP contribution in [-0.2, 0) is 0 Å². The Morgan fingerprint density at radius 3 is 2.59 bits per heavy atom. The van der Waals surface area contributed by atoms with Crippen molar-refractivity contribution in [1.82, 2.24) is 4.98 Å². The number of allylic oxidation sites excluding steroid dienone is 2. The average molecular weight is 245 g/mol. The SMILES string of the molecule is Fc1cnccc1C1=CCC(C(F)(F)F)CC1. The Morgan fingerprint density at radius 1 is 1.29 bits per heavy atom. The van der Waals surface area contributed by atoms with E-state index in [1.165, 1.54) is 18.3 Å². The summed E-state index contributed by atoms with van der Waals surface area (Å²) in [5.41, 5.74) is 1.01. The van der Waals surface area contributed by atoms with Crippen molar-refractivity contribution in [2.24, 2.45) is 5.92 Å². The zero-order chi connectivity index (χ0) is 12.5. The van der Waals surface area contributed by atoms with Crippen LogP contribution < -0.4 is 0 Å². The van der Waals surface area contributed by atoms with Gasteiger partial charge in [0.1, 0.15) is 5.82 Å². The molecule has 2 rings (SSSR count). The van der Waals surface area contributed by atoms with Crippen molar-refractivity contribution in [3.63, 3.8) is 0 Å². The maximum Gasteiger partial charge on any atom is 0.392 e. The van der Waals surface area contributed by atoms with Gasteiger partial charge in [-0.15, -0.1) is 0 Å². The zero-order valence-corrected chi connectivity index (χ0v) is 8.97. The molecular formula is C12H11F4N. The minimum Gasteiger partial charge on any atom is -0.262 e. The lowest BCUT2D eigenvalue weighted by Gasteiger charge is -2.24. The van der Waals surface area contributed by atoms with Crippen molar-refractivity contribution in [3.05, 3.63) is 35.9 Å². The second kappa shape index (κ2) is 4.47. The Hall–Kier alpha value is -1.39. The predicted octanol–water partition coefficient (Wildman–Crippen LogP) is 3.97. The number of hydrogen-bond donors (Lipinski definition) is 0. The van der Waals surface area contributed by atoms with E-state index in [2.05, 4.69) is 4.98 Å². The number of halogens is 4. The van der Waals surface area contributed by atoms with Crippen LogP contribution in [0.15, 0.2) is 24.5 Å². The summed E-state index contributed by atoms with van der Waals surface area (Å²) in [5, 5.41) is 0. The topological polar surface area (TPSA) is 12.9 Å². The number of pyridine rings is 1. The first-order chi connectivity index (χ1) is 7.98. The third-order valence-electron chi connectivity index (χ3n) is 2.99. The Kier molecular flexibility index (Phi) is 3.17. The molecule has 0 fully saturated rings. The van der Waals surface area contributed by atoms with Crippen molar-refractivity contribution in [1.29, 1.82) is 0 Å². The minimum absolute atomic E-state index is 0.0249. The first-order valence-electron chi connectivity index (χ1n) is 5.34. The van der Waals surface area contributed by atoms with Crippen LogP contribution >= 0.6 is 0 Å². The van der Waals surface area contributed by atoms with Crippen LogP contribution in [0.1, 0.15) is 24.8 Å². The number of alkyl halides is 3. The molecule has 1 nitrogen and oxygen atoms in total. The fraction of sp³-hybridized carbons (Fsp3) is 0.417. The summed E-state index contributed by atoms with van der Waals surface area (Å²) in [7, 11) is 0. The molecule has 1 aromatic rings. The first kappa shape index (κ1) is 12.1. The third kappa shape index (κ3) is 2.65. The number of aromatic nitrogens is 1. The second-order valence-electron chi connectivity index (χ2n) is 4.10. The van der Waals surface area contributed by atoms with Crippen molar-refractivity contribution >= 4 is 5.57 Å². The summed E-state index contributed by atoms with van der Waals surface area (Å²) in [6.45, 7) is 0. The highest BCUT2D eigenvalue weighted by Crippen LogP contribution is 2.39. The van der Waals surface area contributed by atoms with E-state index in [0.29, 0.717) is 11.1 Å². The highest BCUT2D eigenvalue weighted by molar-refractivity contribution is 5.66. The van der Waals surface area contributed by atoms with Gasteiger partial charge in [0.05, 0.1) is 12.1 Å². The van der Waals surface area contributed by atoms with Crippen molar-refractivity contribution in [3.8, 4) is 0 Å². The molecule has 0 saturated carbocycles. The van der Waals surface area contributed by atoms with Crippen molar-refractivity contribution in [2.75, 3.05) is 0 Å². The molecule has 0 aliphatic heterocycles. The molecule has 1 heterocycles. The van der Waals surface area contributed by atoms with Gasteiger partial charge in [0.2, 0.25) is 0 Å². The summed E-state index contributed by atoms with van der Waals surface area (Å²) in [5.74, 6) is -1.78. The van der Waals surface area contributed by atoms with E-state index in [-0.39, 0.29) is 19.3 Å². The molecule has 0 N–H and O–H groups in total. The lowest BCUT2D eigenvalue weighted by Crippen LogP contribution is -2.24. The molecule has 0 amide bonds. The number of rotatable bonds is 1. The standard InChI is InChI=1S/C12H11F4N/c13-11-7-17-6-5-10(11)8-1-3-9(4-2-8)12(14,15)16/h1,5-7,9H,2-4H2. The van der Waals surface area contributed by atoms with Crippen LogP contribution in [0, 0.1) is 11.7 Å². The van der Waals surface area contributed by atoms with Gasteiger partial charge in [-0.1, -0.05) is 6.08 Å². The van der Waals surface area contributed by atoms with E-state index in [1.54, 1.807) is 0 Å². The van der Waals surface area contributed by atoms with Crippen molar-refractivity contribution < 1.29 is 17.6 Å². The van der Waals surface area contributed by atoms with Gasteiger partial charge in [0, 0.05) is 11.8 Å². The van der Waals surface area contributed by atoms with E-state index < -0.39 is 17.9 Å². The predicted molar refractivity (Wildman–Crippen MR) is 55.6 cm³/mol. The molecule has 0 saturated heterocycles. The van der Waals surface area contributed by atoms with Crippen LogP contribution in [0.25, 0.3) is 5.57 Å². The summed E-state index contributed by atoms with van der Waals surface area (Å²) in [6.07, 6.45) is 0.0583. The zero-order valence-electron chi connectivity index (χ0n) is 8.97. The molecule has 1 aromatic heterocycles. The van der Waals surface area contributed by atoms with Gasteiger partial charge < -0.3 is 0 Å². The Balaban J connectivity index is 2.17. The normalized spacial score (nSPS) is 21.2. The van der Waals surface area contributed by atoms with Gasteiger partial charge in [-0.2, -0.15) is 13.2 Å². The maximum atomic E-state index is 13.4. The van der Waals surface area contributed by atoms with Crippen LogP contribution in [0.4, 0.5) is 17.6 Å². The molecule has 0 bridgehead atoms. The Labute approximate surface area is 96.2 Å². The third-order valence-corrected chi connectivity index (χ3v) is 2.99. The van der Waals surface area contributed by atoms with E-state index in [4.69, 9.17) is 0 Å².